The van der Waals surface area contributed by atoms with E-state index in [1.807, 2.05) is 52.4 Å². The molecule has 0 fully saturated rings. The number of carbonyl (C=O) groups excluding carboxylic acids is 3. The largest absolute Gasteiger partial charge is 0.467 e. The molecule has 5 aromatic rings. The fourth-order valence-electron chi connectivity index (χ4n) is 6.40. The zero-order valence-corrected chi connectivity index (χ0v) is 30.3. The summed E-state index contributed by atoms with van der Waals surface area (Å²) < 4.78 is 6.99. The summed E-state index contributed by atoms with van der Waals surface area (Å²) in [4.78, 5) is 49.5. The summed E-state index contributed by atoms with van der Waals surface area (Å²) in [6.45, 7) is 7.03. The molecule has 1 N–H and O–H groups in total. The van der Waals surface area contributed by atoms with Gasteiger partial charge in [0, 0.05) is 31.3 Å². The van der Waals surface area contributed by atoms with Gasteiger partial charge < -0.3 is 14.6 Å². The maximum Gasteiger partial charge on any atom is 0.328 e. The minimum absolute atomic E-state index is 0.00959. The number of benzene rings is 3. The summed E-state index contributed by atoms with van der Waals surface area (Å²) in [7, 11) is 1.32. The topological polar surface area (TPSA) is 121 Å². The summed E-state index contributed by atoms with van der Waals surface area (Å²) in [5, 5.41) is 16.3. The fraction of sp³-hybridized carbons (Fsp3) is 0.325. The maximum atomic E-state index is 13.9. The molecule has 0 bridgehead atoms. The number of imidazole rings is 1. The fourth-order valence-corrected chi connectivity index (χ4v) is 7.15. The van der Waals surface area contributed by atoms with Gasteiger partial charge in [0.1, 0.15) is 11.9 Å². The second-order valence-corrected chi connectivity index (χ2v) is 13.8. The highest BCUT2D eigenvalue weighted by atomic mass is 32.1. The van der Waals surface area contributed by atoms with Gasteiger partial charge in [0.2, 0.25) is 11.8 Å². The number of amides is 2. The highest BCUT2D eigenvalue weighted by Crippen LogP contribution is 2.27. The molecule has 264 valence electrons. The van der Waals surface area contributed by atoms with Crippen LogP contribution in [0.4, 0.5) is 5.82 Å². The van der Waals surface area contributed by atoms with Crippen LogP contribution in [0.15, 0.2) is 96.8 Å². The van der Waals surface area contributed by atoms with Crippen LogP contribution in [0, 0.1) is 17.2 Å². The number of aromatic nitrogens is 2. The van der Waals surface area contributed by atoms with Gasteiger partial charge in [-0.3, -0.25) is 19.4 Å². The molecule has 0 aliphatic rings. The van der Waals surface area contributed by atoms with Crippen LogP contribution in [0.25, 0.3) is 10.8 Å². The van der Waals surface area contributed by atoms with E-state index in [4.69, 9.17) is 4.74 Å². The van der Waals surface area contributed by atoms with Crippen LogP contribution in [0.3, 0.4) is 0 Å². The standard InChI is InChI=1S/C40H44N6O4S/c1-5-28(2)37(46(29(3)47)39-22-42-27-45(39)23-31-17-15-30(21-41)16-18-31)25-44(24-33-12-8-11-32-10-6-7-14-35(32)33)26-38(48)43-36(40(49)50-4)20-34-13-9-19-51-34/h6-19,22,27-28,36-37H,5,20,23-26H2,1-4H3,(H,43,48)/t28-,36?,37+/m0/s1. The van der Waals surface area contributed by atoms with Crippen molar-refractivity contribution in [2.75, 3.05) is 25.1 Å². The molecule has 0 saturated carbocycles. The molecule has 0 aliphatic heterocycles. The van der Waals surface area contributed by atoms with Crippen LogP contribution in [0.5, 0.6) is 0 Å². The molecule has 11 heteroatoms. The van der Waals surface area contributed by atoms with Crippen molar-refractivity contribution in [3.63, 3.8) is 0 Å². The van der Waals surface area contributed by atoms with E-state index in [1.165, 1.54) is 18.4 Å². The average Bonchev–Trinajstić information content (AvgIpc) is 3.83. The molecular formula is C40H44N6O4S. The maximum absolute atomic E-state index is 13.9. The molecule has 2 amide bonds. The van der Waals surface area contributed by atoms with Crippen molar-refractivity contribution in [3.8, 4) is 6.07 Å². The molecule has 2 aromatic heterocycles. The Labute approximate surface area is 303 Å². The van der Waals surface area contributed by atoms with Crippen LogP contribution in [0.1, 0.15) is 48.8 Å². The summed E-state index contributed by atoms with van der Waals surface area (Å²) >= 11 is 1.52. The summed E-state index contributed by atoms with van der Waals surface area (Å²) in [6, 6.07) is 26.5. The molecule has 51 heavy (non-hydrogen) atoms. The van der Waals surface area contributed by atoms with E-state index >= 15 is 0 Å². The highest BCUT2D eigenvalue weighted by molar-refractivity contribution is 7.09. The Hall–Kier alpha value is -5.31. The molecule has 2 heterocycles. The molecule has 0 spiro atoms. The Morgan fingerprint density at radius 2 is 1.80 bits per heavy atom. The lowest BCUT2D eigenvalue weighted by Crippen LogP contribution is -2.53. The van der Waals surface area contributed by atoms with Gasteiger partial charge in [0.25, 0.3) is 0 Å². The van der Waals surface area contributed by atoms with Crippen molar-refractivity contribution in [1.29, 1.82) is 5.26 Å². The normalized spacial score (nSPS) is 12.9. The SMILES string of the molecule is CC[C@H](C)[C@@H](CN(CC(=O)NC(Cc1cccs1)C(=O)OC)Cc1cccc2ccccc12)N(C(C)=O)c1cncn1Cc1ccc(C#N)cc1. The number of ether oxygens (including phenoxy) is 1. The van der Waals surface area contributed by atoms with Crippen molar-refractivity contribution < 1.29 is 19.1 Å². The van der Waals surface area contributed by atoms with Gasteiger partial charge in [-0.1, -0.05) is 80.9 Å². The second kappa shape index (κ2) is 17.6. The Morgan fingerprint density at radius 3 is 2.49 bits per heavy atom. The number of hydrogen-bond donors (Lipinski definition) is 1. The average molecular weight is 705 g/mol. The monoisotopic (exact) mass is 704 g/mol. The molecule has 1 unspecified atom stereocenters. The van der Waals surface area contributed by atoms with E-state index in [9.17, 15) is 19.6 Å². The van der Waals surface area contributed by atoms with E-state index in [2.05, 4.69) is 59.4 Å². The lowest BCUT2D eigenvalue weighted by molar-refractivity contribution is -0.145. The number of methoxy groups -OCH3 is 1. The van der Waals surface area contributed by atoms with Crippen LogP contribution >= 0.6 is 11.3 Å². The number of carbonyl (C=O) groups is 3. The molecule has 10 nitrogen and oxygen atoms in total. The number of esters is 1. The number of nitrogens with one attached hydrogen (secondary N) is 1. The Balaban J connectivity index is 1.47. The van der Waals surface area contributed by atoms with Crippen molar-refractivity contribution in [3.05, 3.63) is 118 Å². The van der Waals surface area contributed by atoms with Gasteiger partial charge >= 0.3 is 5.97 Å². The summed E-state index contributed by atoms with van der Waals surface area (Å²) in [5.74, 6) is -0.267. The van der Waals surface area contributed by atoms with Crippen molar-refractivity contribution in [2.24, 2.45) is 5.92 Å². The van der Waals surface area contributed by atoms with Gasteiger partial charge in [0.05, 0.1) is 50.4 Å². The number of fused-ring (bicyclic) bond motifs is 1. The van der Waals surface area contributed by atoms with E-state index in [0.29, 0.717) is 37.4 Å². The van der Waals surface area contributed by atoms with E-state index < -0.39 is 12.0 Å². The zero-order chi connectivity index (χ0) is 36.3. The molecule has 0 aliphatic carbocycles. The molecule has 5 rings (SSSR count). The minimum atomic E-state index is -0.837. The number of hydrogen-bond acceptors (Lipinski definition) is 8. The van der Waals surface area contributed by atoms with Crippen LogP contribution in [0.2, 0.25) is 0 Å². The number of thiophene rings is 1. The highest BCUT2D eigenvalue weighted by Gasteiger charge is 2.32. The van der Waals surface area contributed by atoms with Gasteiger partial charge in [-0.05, 0) is 51.4 Å². The third kappa shape index (κ3) is 9.48. The molecular weight excluding hydrogens is 661 g/mol. The van der Waals surface area contributed by atoms with Crippen molar-refractivity contribution >= 4 is 45.7 Å². The Morgan fingerprint density at radius 1 is 1.04 bits per heavy atom. The molecule has 3 aromatic carbocycles. The first-order valence-corrected chi connectivity index (χ1v) is 18.0. The van der Waals surface area contributed by atoms with Crippen LogP contribution in [-0.2, 0) is 38.6 Å². The minimum Gasteiger partial charge on any atom is -0.467 e. The van der Waals surface area contributed by atoms with Crippen LogP contribution in [-0.4, -0.2) is 64.5 Å². The number of anilines is 1. The van der Waals surface area contributed by atoms with Crippen LogP contribution < -0.4 is 10.2 Å². The van der Waals surface area contributed by atoms with E-state index in [0.717, 1.165) is 33.2 Å². The van der Waals surface area contributed by atoms with Gasteiger partial charge in [0.15, 0.2) is 0 Å². The first-order valence-electron chi connectivity index (χ1n) is 17.1. The summed E-state index contributed by atoms with van der Waals surface area (Å²) in [6.07, 6.45) is 4.53. The summed E-state index contributed by atoms with van der Waals surface area (Å²) in [5.41, 5.74) is 2.59. The molecule has 0 radical (unpaired) electrons. The predicted octanol–water partition coefficient (Wildman–Crippen LogP) is 6.19. The quantitative estimate of drug-likeness (QED) is 0.122. The second-order valence-electron chi connectivity index (χ2n) is 12.8. The number of nitrogens with zero attached hydrogens (tertiary/aromatic N) is 5. The number of nitriles is 1. The lowest BCUT2D eigenvalue weighted by Gasteiger charge is -2.38. The van der Waals surface area contributed by atoms with E-state index in [1.54, 1.807) is 36.5 Å². The Bertz CT molecular complexity index is 1960. The van der Waals surface area contributed by atoms with Gasteiger partial charge in [-0.15, -0.1) is 11.3 Å². The molecule has 0 saturated heterocycles. The van der Waals surface area contributed by atoms with Crippen molar-refractivity contribution in [1.82, 2.24) is 19.8 Å². The third-order valence-corrected chi connectivity index (χ3v) is 10.1. The number of rotatable bonds is 16. The first kappa shape index (κ1) is 37.0. The Kier molecular flexibility index (Phi) is 12.7. The smallest absolute Gasteiger partial charge is 0.328 e. The zero-order valence-electron chi connectivity index (χ0n) is 29.5. The predicted molar refractivity (Wildman–Crippen MR) is 200 cm³/mol. The first-order chi connectivity index (χ1) is 24.7. The van der Waals surface area contributed by atoms with Gasteiger partial charge in [-0.25, -0.2) is 9.78 Å². The van der Waals surface area contributed by atoms with Crippen molar-refractivity contribution in [2.45, 2.75) is 58.8 Å². The van der Waals surface area contributed by atoms with E-state index in [-0.39, 0.29) is 30.3 Å². The van der Waals surface area contributed by atoms with Gasteiger partial charge in [-0.2, -0.15) is 5.26 Å². The third-order valence-electron chi connectivity index (χ3n) is 9.24. The lowest BCUT2D eigenvalue weighted by atomic mass is 9.96. The molecule has 3 atom stereocenters.